The molecule has 3 nitrogen and oxygen atoms in total. The number of rotatable bonds is 3. The molecule has 1 heterocycles. The molecule has 1 aliphatic carbocycles. The fourth-order valence-corrected chi connectivity index (χ4v) is 4.23. The standard InChI is InChI=1S/C13H24N2OS.ClH/c1-2-11-9-15(6-7-17-11)13(16)12-5-3-4-10(12)8-14;/h10-12H,2-9,14H2,1H3;1H/t10-,11?,12-;/m1./s1. The van der Waals surface area contributed by atoms with Crippen LogP contribution in [0.4, 0.5) is 0 Å². The van der Waals surface area contributed by atoms with Gasteiger partial charge in [0.1, 0.15) is 0 Å². The van der Waals surface area contributed by atoms with Crippen LogP contribution in [0, 0.1) is 11.8 Å². The van der Waals surface area contributed by atoms with Crippen molar-refractivity contribution in [2.75, 3.05) is 25.4 Å². The number of carbonyl (C=O) groups excluding carboxylic acids is 1. The number of hydrogen-bond acceptors (Lipinski definition) is 3. The molecule has 0 spiro atoms. The van der Waals surface area contributed by atoms with Crippen LogP contribution >= 0.6 is 24.2 Å². The van der Waals surface area contributed by atoms with Crippen LogP contribution in [0.2, 0.25) is 0 Å². The van der Waals surface area contributed by atoms with Gasteiger partial charge in [-0.15, -0.1) is 12.4 Å². The van der Waals surface area contributed by atoms with Gasteiger partial charge in [-0.3, -0.25) is 4.79 Å². The fourth-order valence-electron chi connectivity index (χ4n) is 3.05. The van der Waals surface area contributed by atoms with E-state index in [1.165, 1.54) is 12.8 Å². The maximum atomic E-state index is 12.5. The third-order valence-corrected chi connectivity index (χ3v) is 5.56. The second-order valence-electron chi connectivity index (χ2n) is 5.22. The van der Waals surface area contributed by atoms with Crippen LogP contribution in [0.5, 0.6) is 0 Å². The predicted molar refractivity (Wildman–Crippen MR) is 80.3 cm³/mol. The van der Waals surface area contributed by atoms with E-state index in [1.54, 1.807) is 0 Å². The van der Waals surface area contributed by atoms with Gasteiger partial charge < -0.3 is 10.6 Å². The second kappa shape index (κ2) is 7.61. The molecule has 2 fully saturated rings. The van der Waals surface area contributed by atoms with E-state index in [4.69, 9.17) is 5.73 Å². The highest BCUT2D eigenvalue weighted by atomic mass is 35.5. The van der Waals surface area contributed by atoms with Gasteiger partial charge in [-0.2, -0.15) is 11.8 Å². The summed E-state index contributed by atoms with van der Waals surface area (Å²) in [5, 5.41) is 0.644. The van der Waals surface area contributed by atoms with Crippen LogP contribution in [-0.4, -0.2) is 41.4 Å². The van der Waals surface area contributed by atoms with Gasteiger partial charge in [-0.05, 0) is 31.7 Å². The van der Waals surface area contributed by atoms with Gasteiger partial charge in [-0.1, -0.05) is 13.3 Å². The quantitative estimate of drug-likeness (QED) is 0.867. The fraction of sp³-hybridized carbons (Fsp3) is 0.923. The molecule has 1 amide bonds. The van der Waals surface area contributed by atoms with Crippen LogP contribution in [0.15, 0.2) is 0 Å². The van der Waals surface area contributed by atoms with Crippen LogP contribution in [0.25, 0.3) is 0 Å². The summed E-state index contributed by atoms with van der Waals surface area (Å²) < 4.78 is 0. The van der Waals surface area contributed by atoms with E-state index in [0.717, 1.165) is 31.7 Å². The first-order chi connectivity index (χ1) is 8.26. The molecule has 2 rings (SSSR count). The molecule has 0 aromatic heterocycles. The number of thioether (sulfide) groups is 1. The van der Waals surface area contributed by atoms with Crippen LogP contribution in [0.3, 0.4) is 0 Å². The molecule has 1 saturated carbocycles. The lowest BCUT2D eigenvalue weighted by atomic mass is 9.94. The molecule has 0 aromatic carbocycles. The molecule has 2 N–H and O–H groups in total. The Balaban J connectivity index is 0.00000162. The van der Waals surface area contributed by atoms with Crippen molar-refractivity contribution in [3.8, 4) is 0 Å². The average Bonchev–Trinajstić information content (AvgIpc) is 2.86. The van der Waals surface area contributed by atoms with Gasteiger partial charge in [0.05, 0.1) is 0 Å². The largest absolute Gasteiger partial charge is 0.341 e. The van der Waals surface area contributed by atoms with Crippen molar-refractivity contribution < 1.29 is 4.79 Å². The summed E-state index contributed by atoms with van der Waals surface area (Å²) in [4.78, 5) is 14.6. The topological polar surface area (TPSA) is 46.3 Å². The van der Waals surface area contributed by atoms with E-state index in [0.29, 0.717) is 23.6 Å². The molecule has 0 bridgehead atoms. The van der Waals surface area contributed by atoms with Crippen LogP contribution in [-0.2, 0) is 4.79 Å². The molecule has 3 atom stereocenters. The highest BCUT2D eigenvalue weighted by Crippen LogP contribution is 2.33. The Morgan fingerprint density at radius 1 is 1.44 bits per heavy atom. The molecule has 5 heteroatoms. The highest BCUT2D eigenvalue weighted by Gasteiger charge is 2.36. The molecule has 1 saturated heterocycles. The number of carbonyl (C=O) groups is 1. The second-order valence-corrected chi connectivity index (χ2v) is 6.63. The lowest BCUT2D eigenvalue weighted by molar-refractivity contribution is -0.136. The first-order valence-electron chi connectivity index (χ1n) is 6.86. The number of amides is 1. The molecular formula is C13H25ClN2OS. The minimum absolute atomic E-state index is 0. The summed E-state index contributed by atoms with van der Waals surface area (Å²) >= 11 is 2.01. The molecule has 0 aromatic rings. The molecular weight excluding hydrogens is 268 g/mol. The summed E-state index contributed by atoms with van der Waals surface area (Å²) in [6.45, 7) is 4.78. The van der Waals surface area contributed by atoms with Gasteiger partial charge in [0.25, 0.3) is 0 Å². The molecule has 106 valence electrons. The first-order valence-corrected chi connectivity index (χ1v) is 7.91. The van der Waals surface area contributed by atoms with E-state index < -0.39 is 0 Å². The Bertz CT molecular complexity index is 278. The SMILES string of the molecule is CCC1CN(C(=O)[C@@H]2CCC[C@@H]2CN)CCS1.Cl. The van der Waals surface area contributed by atoms with Crippen molar-refractivity contribution in [1.82, 2.24) is 4.90 Å². The van der Waals surface area contributed by atoms with E-state index >= 15 is 0 Å². The van der Waals surface area contributed by atoms with E-state index in [9.17, 15) is 4.79 Å². The molecule has 1 aliphatic heterocycles. The number of nitrogens with zero attached hydrogens (tertiary/aromatic N) is 1. The summed E-state index contributed by atoms with van der Waals surface area (Å²) in [5.41, 5.74) is 5.77. The third kappa shape index (κ3) is 3.55. The Morgan fingerprint density at radius 3 is 2.89 bits per heavy atom. The Hall–Kier alpha value is 0.0700. The van der Waals surface area contributed by atoms with Gasteiger partial charge >= 0.3 is 0 Å². The molecule has 0 radical (unpaired) electrons. The average molecular weight is 293 g/mol. The van der Waals surface area contributed by atoms with Crippen molar-refractivity contribution >= 4 is 30.1 Å². The summed E-state index contributed by atoms with van der Waals surface area (Å²) in [6, 6.07) is 0. The van der Waals surface area contributed by atoms with Crippen LogP contribution in [0.1, 0.15) is 32.6 Å². The molecule has 1 unspecified atom stereocenters. The maximum Gasteiger partial charge on any atom is 0.226 e. The minimum Gasteiger partial charge on any atom is -0.341 e. The smallest absolute Gasteiger partial charge is 0.226 e. The van der Waals surface area contributed by atoms with Gasteiger partial charge in [-0.25, -0.2) is 0 Å². The normalized spacial score (nSPS) is 32.1. The van der Waals surface area contributed by atoms with E-state index in [-0.39, 0.29) is 18.3 Å². The third-order valence-electron chi connectivity index (χ3n) is 4.18. The molecule has 18 heavy (non-hydrogen) atoms. The summed E-state index contributed by atoms with van der Waals surface area (Å²) in [5.74, 6) is 2.15. The zero-order chi connectivity index (χ0) is 12.3. The van der Waals surface area contributed by atoms with Gasteiger partial charge in [0.2, 0.25) is 5.91 Å². The summed E-state index contributed by atoms with van der Waals surface area (Å²) in [7, 11) is 0. The van der Waals surface area contributed by atoms with E-state index in [1.807, 2.05) is 11.8 Å². The highest BCUT2D eigenvalue weighted by molar-refractivity contribution is 8.00. The first kappa shape index (κ1) is 16.1. The zero-order valence-corrected chi connectivity index (χ0v) is 12.8. The Labute approximate surface area is 121 Å². The lowest BCUT2D eigenvalue weighted by Gasteiger charge is -2.34. The van der Waals surface area contributed by atoms with Crippen molar-refractivity contribution in [3.63, 3.8) is 0 Å². The predicted octanol–water partition coefficient (Wildman–Crippen LogP) is 2.14. The number of hydrogen-bond donors (Lipinski definition) is 1. The Kier molecular flexibility index (Phi) is 6.82. The molecule has 2 aliphatic rings. The summed E-state index contributed by atoms with van der Waals surface area (Å²) in [6.07, 6.45) is 4.55. The van der Waals surface area contributed by atoms with E-state index in [2.05, 4.69) is 11.8 Å². The van der Waals surface area contributed by atoms with Crippen molar-refractivity contribution in [2.45, 2.75) is 37.9 Å². The minimum atomic E-state index is 0. The van der Waals surface area contributed by atoms with Crippen molar-refractivity contribution in [1.29, 1.82) is 0 Å². The van der Waals surface area contributed by atoms with Crippen molar-refractivity contribution in [2.24, 2.45) is 17.6 Å². The number of nitrogens with two attached hydrogens (primary N) is 1. The number of halogens is 1. The monoisotopic (exact) mass is 292 g/mol. The Morgan fingerprint density at radius 2 is 2.22 bits per heavy atom. The zero-order valence-electron chi connectivity index (χ0n) is 11.1. The maximum absolute atomic E-state index is 12.5. The van der Waals surface area contributed by atoms with Gasteiger partial charge in [0.15, 0.2) is 0 Å². The van der Waals surface area contributed by atoms with Gasteiger partial charge in [0, 0.05) is 30.0 Å². The van der Waals surface area contributed by atoms with Crippen LogP contribution < -0.4 is 5.73 Å². The van der Waals surface area contributed by atoms with Crippen molar-refractivity contribution in [3.05, 3.63) is 0 Å². The lowest BCUT2D eigenvalue weighted by Crippen LogP contribution is -2.45.